The first-order valence-corrected chi connectivity index (χ1v) is 6.51. The lowest BCUT2D eigenvalue weighted by molar-refractivity contribution is -0.134. The maximum Gasteiger partial charge on any atom is 0.243 e. The topological polar surface area (TPSA) is 78.5 Å². The molecule has 3 amide bonds. The summed E-state index contributed by atoms with van der Waals surface area (Å²) < 4.78 is 0. The highest BCUT2D eigenvalue weighted by Gasteiger charge is 2.27. The monoisotopic (exact) mass is 253 g/mol. The lowest BCUT2D eigenvalue weighted by atomic mass is 10.1. The SMILES string of the molecule is O=C1CCC(C(=O)NCC(=O)N2CCCCC2)N1. The van der Waals surface area contributed by atoms with Crippen molar-refractivity contribution in [1.29, 1.82) is 0 Å². The zero-order valence-corrected chi connectivity index (χ0v) is 10.4. The summed E-state index contributed by atoms with van der Waals surface area (Å²) in [5, 5.41) is 5.18. The van der Waals surface area contributed by atoms with Gasteiger partial charge in [0, 0.05) is 19.5 Å². The number of amides is 3. The second-order valence-electron chi connectivity index (χ2n) is 4.82. The Bertz CT molecular complexity index is 350. The molecule has 2 saturated heterocycles. The van der Waals surface area contributed by atoms with Gasteiger partial charge in [0.15, 0.2) is 0 Å². The van der Waals surface area contributed by atoms with Gasteiger partial charge in [-0.1, -0.05) is 0 Å². The summed E-state index contributed by atoms with van der Waals surface area (Å²) in [6.45, 7) is 1.61. The highest BCUT2D eigenvalue weighted by Crippen LogP contribution is 2.09. The van der Waals surface area contributed by atoms with Gasteiger partial charge >= 0.3 is 0 Å². The van der Waals surface area contributed by atoms with Crippen LogP contribution in [0.1, 0.15) is 32.1 Å². The van der Waals surface area contributed by atoms with E-state index in [0.717, 1.165) is 25.9 Å². The summed E-state index contributed by atoms with van der Waals surface area (Å²) in [5.41, 5.74) is 0. The summed E-state index contributed by atoms with van der Waals surface area (Å²) in [6.07, 6.45) is 4.15. The molecule has 6 heteroatoms. The maximum absolute atomic E-state index is 11.8. The van der Waals surface area contributed by atoms with E-state index in [0.29, 0.717) is 12.8 Å². The Hall–Kier alpha value is -1.59. The van der Waals surface area contributed by atoms with E-state index in [9.17, 15) is 14.4 Å². The van der Waals surface area contributed by atoms with E-state index in [1.165, 1.54) is 6.42 Å². The van der Waals surface area contributed by atoms with Crippen molar-refractivity contribution in [3.8, 4) is 0 Å². The van der Waals surface area contributed by atoms with E-state index in [4.69, 9.17) is 0 Å². The van der Waals surface area contributed by atoms with Gasteiger partial charge in [-0.05, 0) is 25.7 Å². The van der Waals surface area contributed by atoms with Crippen molar-refractivity contribution in [3.05, 3.63) is 0 Å². The molecule has 0 radical (unpaired) electrons. The first-order chi connectivity index (χ1) is 8.66. The van der Waals surface area contributed by atoms with Crippen LogP contribution in [0.15, 0.2) is 0 Å². The fraction of sp³-hybridized carbons (Fsp3) is 0.750. The van der Waals surface area contributed by atoms with E-state index in [1.54, 1.807) is 4.90 Å². The maximum atomic E-state index is 11.8. The first-order valence-electron chi connectivity index (χ1n) is 6.51. The van der Waals surface area contributed by atoms with Crippen LogP contribution in [0.2, 0.25) is 0 Å². The number of hydrogen-bond acceptors (Lipinski definition) is 3. The molecule has 0 spiro atoms. The molecule has 0 bridgehead atoms. The van der Waals surface area contributed by atoms with Crippen LogP contribution in [0, 0.1) is 0 Å². The number of nitrogens with one attached hydrogen (secondary N) is 2. The van der Waals surface area contributed by atoms with Crippen LogP contribution in [0.3, 0.4) is 0 Å². The second-order valence-corrected chi connectivity index (χ2v) is 4.82. The Labute approximate surface area is 106 Å². The van der Waals surface area contributed by atoms with Gasteiger partial charge in [-0.15, -0.1) is 0 Å². The average Bonchev–Trinajstić information content (AvgIpc) is 2.83. The third kappa shape index (κ3) is 3.21. The molecule has 1 atom stereocenters. The number of carbonyl (C=O) groups excluding carboxylic acids is 3. The first kappa shape index (κ1) is 12.9. The summed E-state index contributed by atoms with van der Waals surface area (Å²) in [5.74, 6) is -0.393. The van der Waals surface area contributed by atoms with E-state index in [-0.39, 0.29) is 24.3 Å². The summed E-state index contributed by atoms with van der Waals surface area (Å²) >= 11 is 0. The Morgan fingerprint density at radius 1 is 1.28 bits per heavy atom. The average molecular weight is 253 g/mol. The molecule has 0 saturated carbocycles. The molecule has 2 rings (SSSR count). The number of hydrogen-bond donors (Lipinski definition) is 2. The van der Waals surface area contributed by atoms with Crippen LogP contribution in [0.4, 0.5) is 0 Å². The van der Waals surface area contributed by atoms with Gasteiger partial charge in [0.1, 0.15) is 6.04 Å². The molecule has 0 aromatic rings. The number of piperidine rings is 1. The van der Waals surface area contributed by atoms with Crippen LogP contribution in [0.25, 0.3) is 0 Å². The molecule has 18 heavy (non-hydrogen) atoms. The zero-order chi connectivity index (χ0) is 13.0. The minimum atomic E-state index is -0.466. The number of likely N-dealkylation sites (tertiary alicyclic amines) is 1. The molecule has 2 aliphatic heterocycles. The van der Waals surface area contributed by atoms with E-state index in [1.807, 2.05) is 0 Å². The van der Waals surface area contributed by atoms with Crippen molar-refractivity contribution in [2.24, 2.45) is 0 Å². The lowest BCUT2D eigenvalue weighted by Crippen LogP contribution is -2.47. The molecule has 100 valence electrons. The molecule has 6 nitrogen and oxygen atoms in total. The highest BCUT2D eigenvalue weighted by molar-refractivity contribution is 5.92. The summed E-state index contributed by atoms with van der Waals surface area (Å²) in [6, 6.07) is -0.466. The smallest absolute Gasteiger partial charge is 0.243 e. The van der Waals surface area contributed by atoms with Gasteiger partial charge in [0.25, 0.3) is 0 Å². The van der Waals surface area contributed by atoms with Crippen molar-refractivity contribution >= 4 is 17.7 Å². The molecule has 0 aromatic carbocycles. The second kappa shape index (κ2) is 5.84. The summed E-state index contributed by atoms with van der Waals surface area (Å²) in [7, 11) is 0. The van der Waals surface area contributed by atoms with Crippen LogP contribution in [-0.2, 0) is 14.4 Å². The molecule has 2 N–H and O–H groups in total. The third-order valence-electron chi connectivity index (χ3n) is 3.43. The molecular formula is C12H19N3O3. The van der Waals surface area contributed by atoms with E-state index < -0.39 is 6.04 Å². The fourth-order valence-electron chi connectivity index (χ4n) is 2.35. The predicted octanol–water partition coefficient (Wildman–Crippen LogP) is -0.606. The van der Waals surface area contributed by atoms with Gasteiger partial charge < -0.3 is 15.5 Å². The third-order valence-corrected chi connectivity index (χ3v) is 3.43. The molecule has 0 aliphatic carbocycles. The minimum Gasteiger partial charge on any atom is -0.345 e. The van der Waals surface area contributed by atoms with Crippen molar-refractivity contribution in [2.45, 2.75) is 38.1 Å². The quantitative estimate of drug-likeness (QED) is 0.704. The molecule has 2 heterocycles. The molecule has 2 fully saturated rings. The summed E-state index contributed by atoms with van der Waals surface area (Å²) in [4.78, 5) is 36.3. The van der Waals surface area contributed by atoms with Crippen molar-refractivity contribution < 1.29 is 14.4 Å². The van der Waals surface area contributed by atoms with Gasteiger partial charge in [-0.25, -0.2) is 0 Å². The largest absolute Gasteiger partial charge is 0.345 e. The van der Waals surface area contributed by atoms with Crippen molar-refractivity contribution in [3.63, 3.8) is 0 Å². The fourth-order valence-corrected chi connectivity index (χ4v) is 2.35. The van der Waals surface area contributed by atoms with E-state index in [2.05, 4.69) is 10.6 Å². The van der Waals surface area contributed by atoms with E-state index >= 15 is 0 Å². The Morgan fingerprint density at radius 2 is 2.00 bits per heavy atom. The van der Waals surface area contributed by atoms with Crippen LogP contribution < -0.4 is 10.6 Å². The molecular weight excluding hydrogens is 234 g/mol. The van der Waals surface area contributed by atoms with Gasteiger partial charge in [-0.2, -0.15) is 0 Å². The van der Waals surface area contributed by atoms with Gasteiger partial charge in [0.2, 0.25) is 17.7 Å². The predicted molar refractivity (Wildman–Crippen MR) is 64.6 cm³/mol. The zero-order valence-electron chi connectivity index (χ0n) is 10.4. The molecule has 2 aliphatic rings. The standard InChI is InChI=1S/C12H19N3O3/c16-10-5-4-9(14-10)12(18)13-8-11(17)15-6-2-1-3-7-15/h9H,1-8H2,(H,13,18)(H,14,16). The Balaban J connectivity index is 1.71. The lowest BCUT2D eigenvalue weighted by Gasteiger charge is -2.26. The number of carbonyl (C=O) groups is 3. The number of rotatable bonds is 3. The Morgan fingerprint density at radius 3 is 2.61 bits per heavy atom. The van der Waals surface area contributed by atoms with Crippen molar-refractivity contribution in [2.75, 3.05) is 19.6 Å². The highest BCUT2D eigenvalue weighted by atomic mass is 16.2. The molecule has 0 aromatic heterocycles. The minimum absolute atomic E-state index is 0.0329. The van der Waals surface area contributed by atoms with Gasteiger partial charge in [-0.3, -0.25) is 14.4 Å². The Kier molecular flexibility index (Phi) is 4.17. The van der Waals surface area contributed by atoms with Crippen molar-refractivity contribution in [1.82, 2.24) is 15.5 Å². The van der Waals surface area contributed by atoms with Gasteiger partial charge in [0.05, 0.1) is 6.54 Å². The van der Waals surface area contributed by atoms with Crippen LogP contribution in [0.5, 0.6) is 0 Å². The number of nitrogens with zero attached hydrogens (tertiary/aromatic N) is 1. The van der Waals surface area contributed by atoms with Crippen LogP contribution >= 0.6 is 0 Å². The molecule has 1 unspecified atom stereocenters. The van der Waals surface area contributed by atoms with Crippen LogP contribution in [-0.4, -0.2) is 48.3 Å². The normalized spacial score (nSPS) is 23.7.